The summed E-state index contributed by atoms with van der Waals surface area (Å²) in [5, 5.41) is 12.2. The Morgan fingerprint density at radius 1 is 1.64 bits per heavy atom. The fourth-order valence-corrected chi connectivity index (χ4v) is 1.56. The number of hydrogen-bond acceptors (Lipinski definition) is 2. The summed E-state index contributed by atoms with van der Waals surface area (Å²) < 4.78 is 0. The molecule has 0 radical (unpaired) electrons. The second-order valence-electron chi connectivity index (χ2n) is 3.96. The Hall–Kier alpha value is -0.0800. The number of aliphatic hydroxyl groups excluding tert-OH is 1. The van der Waals surface area contributed by atoms with Crippen LogP contribution in [0.5, 0.6) is 0 Å². The average molecular weight is 157 g/mol. The fraction of sp³-hybridized carbons (Fsp3) is 1.00. The number of hydrogen-bond donors (Lipinski definition) is 2. The first kappa shape index (κ1) is 9.01. The van der Waals surface area contributed by atoms with E-state index in [1.165, 1.54) is 12.8 Å². The van der Waals surface area contributed by atoms with Crippen molar-refractivity contribution in [3.63, 3.8) is 0 Å². The number of nitrogens with one attached hydrogen (secondary N) is 1. The third-order valence-electron chi connectivity index (χ3n) is 2.99. The van der Waals surface area contributed by atoms with Gasteiger partial charge in [-0.15, -0.1) is 0 Å². The van der Waals surface area contributed by atoms with Gasteiger partial charge in [0.05, 0.1) is 6.61 Å². The molecule has 0 bridgehead atoms. The lowest BCUT2D eigenvalue weighted by Gasteiger charge is -2.36. The largest absolute Gasteiger partial charge is 0.395 e. The van der Waals surface area contributed by atoms with Crippen LogP contribution in [0.1, 0.15) is 33.1 Å². The SMILES string of the molecule is CCC1(C)CCC(CO)NC1. The number of piperidine rings is 1. The van der Waals surface area contributed by atoms with Gasteiger partial charge in [0.15, 0.2) is 0 Å². The van der Waals surface area contributed by atoms with Gasteiger partial charge in [-0.25, -0.2) is 0 Å². The van der Waals surface area contributed by atoms with Crippen LogP contribution in [0.15, 0.2) is 0 Å². The zero-order valence-electron chi connectivity index (χ0n) is 7.56. The molecule has 1 aliphatic heterocycles. The molecule has 2 unspecified atom stereocenters. The Kier molecular flexibility index (Phi) is 2.90. The van der Waals surface area contributed by atoms with E-state index in [9.17, 15) is 0 Å². The maximum Gasteiger partial charge on any atom is 0.0584 e. The Morgan fingerprint density at radius 2 is 2.36 bits per heavy atom. The van der Waals surface area contributed by atoms with E-state index in [4.69, 9.17) is 5.11 Å². The van der Waals surface area contributed by atoms with Gasteiger partial charge in [-0.2, -0.15) is 0 Å². The second kappa shape index (κ2) is 3.55. The van der Waals surface area contributed by atoms with Gasteiger partial charge in [-0.3, -0.25) is 0 Å². The predicted molar refractivity (Wildman–Crippen MR) is 46.5 cm³/mol. The molecule has 0 aromatic heterocycles. The third kappa shape index (κ3) is 2.17. The van der Waals surface area contributed by atoms with E-state index in [1.54, 1.807) is 0 Å². The maximum absolute atomic E-state index is 8.87. The molecule has 0 saturated carbocycles. The van der Waals surface area contributed by atoms with Crippen LogP contribution < -0.4 is 5.32 Å². The van der Waals surface area contributed by atoms with Crippen LogP contribution in [0.4, 0.5) is 0 Å². The van der Waals surface area contributed by atoms with E-state index in [0.29, 0.717) is 18.1 Å². The molecule has 11 heavy (non-hydrogen) atoms. The standard InChI is InChI=1S/C9H19NO/c1-3-9(2)5-4-8(6-11)10-7-9/h8,10-11H,3-7H2,1-2H3. The van der Waals surface area contributed by atoms with Crippen LogP contribution in [-0.4, -0.2) is 24.3 Å². The summed E-state index contributed by atoms with van der Waals surface area (Å²) in [5.41, 5.74) is 0.478. The van der Waals surface area contributed by atoms with Gasteiger partial charge >= 0.3 is 0 Å². The van der Waals surface area contributed by atoms with Crippen LogP contribution in [0.2, 0.25) is 0 Å². The van der Waals surface area contributed by atoms with Crippen molar-refractivity contribution in [2.24, 2.45) is 5.41 Å². The molecule has 1 rings (SSSR count). The fourth-order valence-electron chi connectivity index (χ4n) is 1.56. The van der Waals surface area contributed by atoms with E-state index in [1.807, 2.05) is 0 Å². The van der Waals surface area contributed by atoms with Crippen LogP contribution in [0.3, 0.4) is 0 Å². The smallest absolute Gasteiger partial charge is 0.0584 e. The first-order valence-electron chi connectivity index (χ1n) is 4.54. The van der Waals surface area contributed by atoms with Gasteiger partial charge in [0.25, 0.3) is 0 Å². The van der Waals surface area contributed by atoms with Crippen molar-refractivity contribution in [1.82, 2.24) is 5.32 Å². The van der Waals surface area contributed by atoms with E-state index >= 15 is 0 Å². The molecule has 1 saturated heterocycles. The first-order valence-corrected chi connectivity index (χ1v) is 4.54. The first-order chi connectivity index (χ1) is 5.20. The molecule has 0 aromatic rings. The van der Waals surface area contributed by atoms with Crippen molar-refractivity contribution in [3.05, 3.63) is 0 Å². The number of aliphatic hydroxyl groups is 1. The Bertz CT molecular complexity index is 117. The lowest BCUT2D eigenvalue weighted by molar-refractivity contribution is 0.147. The maximum atomic E-state index is 8.87. The third-order valence-corrected chi connectivity index (χ3v) is 2.99. The quantitative estimate of drug-likeness (QED) is 0.630. The molecule has 1 aliphatic rings. The highest BCUT2D eigenvalue weighted by Gasteiger charge is 2.28. The summed E-state index contributed by atoms with van der Waals surface area (Å²) in [5.74, 6) is 0. The molecule has 2 heteroatoms. The Balaban J connectivity index is 2.35. The zero-order valence-corrected chi connectivity index (χ0v) is 7.56. The van der Waals surface area contributed by atoms with Crippen molar-refractivity contribution in [1.29, 1.82) is 0 Å². The molecule has 0 aromatic carbocycles. The molecule has 2 N–H and O–H groups in total. The van der Waals surface area contributed by atoms with E-state index in [-0.39, 0.29) is 0 Å². The van der Waals surface area contributed by atoms with Gasteiger partial charge in [-0.05, 0) is 24.7 Å². The van der Waals surface area contributed by atoms with Crippen LogP contribution in [0.25, 0.3) is 0 Å². The molecule has 1 fully saturated rings. The summed E-state index contributed by atoms with van der Waals surface area (Å²) in [6.45, 7) is 5.91. The van der Waals surface area contributed by atoms with Crippen LogP contribution in [-0.2, 0) is 0 Å². The van der Waals surface area contributed by atoms with Gasteiger partial charge in [0, 0.05) is 12.6 Å². The minimum Gasteiger partial charge on any atom is -0.395 e. The van der Waals surface area contributed by atoms with E-state index in [2.05, 4.69) is 19.2 Å². The highest BCUT2D eigenvalue weighted by atomic mass is 16.3. The lowest BCUT2D eigenvalue weighted by Crippen LogP contribution is -2.45. The molecular weight excluding hydrogens is 138 g/mol. The van der Waals surface area contributed by atoms with Crippen molar-refractivity contribution in [2.75, 3.05) is 13.2 Å². The minimum atomic E-state index is 0.291. The van der Waals surface area contributed by atoms with E-state index in [0.717, 1.165) is 13.0 Å². The Labute approximate surface area is 69.0 Å². The second-order valence-corrected chi connectivity index (χ2v) is 3.96. The molecule has 0 amide bonds. The molecule has 0 spiro atoms. The molecular formula is C9H19NO. The molecule has 2 atom stereocenters. The highest BCUT2D eigenvalue weighted by molar-refractivity contribution is 4.84. The normalized spacial score (nSPS) is 39.0. The molecule has 0 aliphatic carbocycles. The summed E-state index contributed by atoms with van der Waals surface area (Å²) in [4.78, 5) is 0. The summed E-state index contributed by atoms with van der Waals surface area (Å²) in [7, 11) is 0. The van der Waals surface area contributed by atoms with Crippen LogP contribution >= 0.6 is 0 Å². The van der Waals surface area contributed by atoms with Crippen molar-refractivity contribution >= 4 is 0 Å². The summed E-state index contributed by atoms with van der Waals surface area (Å²) in [6, 6.07) is 0.356. The van der Waals surface area contributed by atoms with Crippen molar-refractivity contribution in [2.45, 2.75) is 39.2 Å². The van der Waals surface area contributed by atoms with Crippen molar-refractivity contribution in [3.8, 4) is 0 Å². The van der Waals surface area contributed by atoms with Gasteiger partial charge in [0.1, 0.15) is 0 Å². The highest BCUT2D eigenvalue weighted by Crippen LogP contribution is 2.30. The van der Waals surface area contributed by atoms with Gasteiger partial charge in [0.2, 0.25) is 0 Å². The Morgan fingerprint density at radius 3 is 2.73 bits per heavy atom. The summed E-state index contributed by atoms with van der Waals surface area (Å²) in [6.07, 6.45) is 3.61. The van der Waals surface area contributed by atoms with E-state index < -0.39 is 0 Å². The predicted octanol–water partition coefficient (Wildman–Crippen LogP) is 1.15. The van der Waals surface area contributed by atoms with Gasteiger partial charge in [-0.1, -0.05) is 13.8 Å². The lowest BCUT2D eigenvalue weighted by atomic mass is 9.79. The molecule has 1 heterocycles. The van der Waals surface area contributed by atoms with Crippen LogP contribution in [0, 0.1) is 5.41 Å². The number of rotatable bonds is 2. The van der Waals surface area contributed by atoms with Gasteiger partial charge < -0.3 is 10.4 Å². The monoisotopic (exact) mass is 157 g/mol. The molecule has 66 valence electrons. The van der Waals surface area contributed by atoms with Crippen molar-refractivity contribution < 1.29 is 5.11 Å². The molecule has 2 nitrogen and oxygen atoms in total. The zero-order chi connectivity index (χ0) is 8.32. The topological polar surface area (TPSA) is 32.3 Å². The summed E-state index contributed by atoms with van der Waals surface area (Å²) >= 11 is 0. The average Bonchev–Trinajstić information content (AvgIpc) is 2.06. The minimum absolute atomic E-state index is 0.291.